The molecule has 0 unspecified atom stereocenters. The molecule has 3 aromatic rings. The summed E-state index contributed by atoms with van der Waals surface area (Å²) in [7, 11) is 0. The highest BCUT2D eigenvalue weighted by Crippen LogP contribution is 2.28. The highest BCUT2D eigenvalue weighted by Gasteiger charge is 2.18. The number of pyridine rings is 1. The fourth-order valence-electron chi connectivity index (χ4n) is 2.46. The van der Waals surface area contributed by atoms with Crippen LogP contribution in [0.25, 0.3) is 5.82 Å². The molecule has 0 saturated heterocycles. The number of carbonyl (C=O) groups excluding carboxylic acids is 2. The van der Waals surface area contributed by atoms with Crippen molar-refractivity contribution < 1.29 is 14.3 Å². The second-order valence-corrected chi connectivity index (χ2v) is 5.86. The van der Waals surface area contributed by atoms with Crippen molar-refractivity contribution in [2.75, 3.05) is 17.2 Å². The van der Waals surface area contributed by atoms with Gasteiger partial charge < -0.3 is 15.4 Å². The number of ether oxygens (including phenoxy) is 1. The van der Waals surface area contributed by atoms with E-state index in [-0.39, 0.29) is 18.4 Å². The Morgan fingerprint density at radius 2 is 2.19 bits per heavy atom. The standard InChI is InChI=1S/C17H12ClN5O3/c18-11-2-1-6-19-16(11)23-7-5-14(22-23)21-17(25)10-3-4-12-13(8-10)26-9-15(24)20-12/h1-8H,9H2,(H,20,24)(H,21,22,25). The molecule has 130 valence electrons. The second-order valence-electron chi connectivity index (χ2n) is 5.46. The molecule has 3 heterocycles. The Balaban J connectivity index is 1.52. The fourth-order valence-corrected chi connectivity index (χ4v) is 2.67. The van der Waals surface area contributed by atoms with Gasteiger partial charge in [-0.2, -0.15) is 0 Å². The van der Waals surface area contributed by atoms with Crippen LogP contribution in [0, 0.1) is 0 Å². The summed E-state index contributed by atoms with van der Waals surface area (Å²) in [5.41, 5.74) is 0.914. The third kappa shape index (κ3) is 3.09. The second kappa shape index (κ2) is 6.49. The van der Waals surface area contributed by atoms with E-state index in [1.165, 1.54) is 4.68 Å². The van der Waals surface area contributed by atoms with Gasteiger partial charge in [0.1, 0.15) is 5.75 Å². The lowest BCUT2D eigenvalue weighted by atomic mass is 10.1. The number of carbonyl (C=O) groups is 2. The van der Waals surface area contributed by atoms with E-state index in [0.29, 0.717) is 33.7 Å². The van der Waals surface area contributed by atoms with Crippen LogP contribution in [0.5, 0.6) is 5.75 Å². The van der Waals surface area contributed by atoms with Crippen LogP contribution in [0.3, 0.4) is 0 Å². The molecule has 2 N–H and O–H groups in total. The predicted molar refractivity (Wildman–Crippen MR) is 94.9 cm³/mol. The molecule has 8 nitrogen and oxygen atoms in total. The minimum absolute atomic E-state index is 0.0761. The number of anilines is 2. The summed E-state index contributed by atoms with van der Waals surface area (Å²) in [5, 5.41) is 10.1. The van der Waals surface area contributed by atoms with Crippen molar-refractivity contribution in [2.45, 2.75) is 0 Å². The molecule has 0 bridgehead atoms. The van der Waals surface area contributed by atoms with Crippen LogP contribution < -0.4 is 15.4 Å². The SMILES string of the molecule is O=C1COc2cc(C(=O)Nc3ccn(-c4ncccc4Cl)n3)ccc2N1. The van der Waals surface area contributed by atoms with Gasteiger partial charge in [-0.1, -0.05) is 11.6 Å². The van der Waals surface area contributed by atoms with Crippen molar-refractivity contribution in [3.05, 3.63) is 59.4 Å². The van der Waals surface area contributed by atoms with Gasteiger partial charge in [-0.05, 0) is 30.3 Å². The Labute approximate surface area is 152 Å². The predicted octanol–water partition coefficient (Wildman–Crippen LogP) is 2.50. The molecule has 2 aromatic heterocycles. The summed E-state index contributed by atoms with van der Waals surface area (Å²) in [5.74, 6) is 0.679. The van der Waals surface area contributed by atoms with Crippen molar-refractivity contribution in [1.82, 2.24) is 14.8 Å². The molecule has 2 amide bonds. The zero-order valence-electron chi connectivity index (χ0n) is 13.3. The number of nitrogens with zero attached hydrogens (tertiary/aromatic N) is 3. The van der Waals surface area contributed by atoms with Gasteiger partial charge in [0.05, 0.1) is 10.7 Å². The third-order valence-electron chi connectivity index (χ3n) is 3.66. The summed E-state index contributed by atoms with van der Waals surface area (Å²) in [6.45, 7) is -0.0761. The lowest BCUT2D eigenvalue weighted by molar-refractivity contribution is -0.118. The molecule has 0 radical (unpaired) electrons. The lowest BCUT2D eigenvalue weighted by Gasteiger charge is -2.18. The van der Waals surface area contributed by atoms with Gasteiger partial charge in [0.2, 0.25) is 0 Å². The van der Waals surface area contributed by atoms with Crippen molar-refractivity contribution in [2.24, 2.45) is 0 Å². The zero-order valence-corrected chi connectivity index (χ0v) is 14.0. The van der Waals surface area contributed by atoms with E-state index >= 15 is 0 Å². The molecular weight excluding hydrogens is 358 g/mol. The van der Waals surface area contributed by atoms with Crippen molar-refractivity contribution >= 4 is 34.9 Å². The first-order chi connectivity index (χ1) is 12.6. The first-order valence-electron chi connectivity index (χ1n) is 7.65. The number of rotatable bonds is 3. The number of hydrogen-bond acceptors (Lipinski definition) is 5. The Morgan fingerprint density at radius 3 is 3.04 bits per heavy atom. The molecular formula is C17H12ClN5O3. The smallest absolute Gasteiger partial charge is 0.262 e. The average Bonchev–Trinajstić information content (AvgIpc) is 3.09. The van der Waals surface area contributed by atoms with Crippen LogP contribution in [0.15, 0.2) is 48.8 Å². The molecule has 0 saturated carbocycles. The molecule has 0 fully saturated rings. The van der Waals surface area contributed by atoms with Gasteiger partial charge in [-0.15, -0.1) is 5.10 Å². The van der Waals surface area contributed by atoms with E-state index < -0.39 is 0 Å². The minimum atomic E-state index is -0.356. The average molecular weight is 370 g/mol. The van der Waals surface area contributed by atoms with Crippen LogP contribution >= 0.6 is 11.6 Å². The summed E-state index contributed by atoms with van der Waals surface area (Å²) >= 11 is 6.09. The number of nitrogens with one attached hydrogen (secondary N) is 2. The van der Waals surface area contributed by atoms with Crippen LogP contribution in [-0.2, 0) is 4.79 Å². The Bertz CT molecular complexity index is 1020. The van der Waals surface area contributed by atoms with E-state index in [0.717, 1.165) is 0 Å². The first kappa shape index (κ1) is 16.1. The van der Waals surface area contributed by atoms with Gasteiger partial charge in [-0.25, -0.2) is 9.67 Å². The van der Waals surface area contributed by atoms with E-state index in [4.69, 9.17) is 16.3 Å². The van der Waals surface area contributed by atoms with Crippen molar-refractivity contribution in [3.8, 4) is 11.6 Å². The Hall–Kier alpha value is -3.39. The quantitative estimate of drug-likeness (QED) is 0.739. The van der Waals surface area contributed by atoms with Crippen LogP contribution in [0.4, 0.5) is 11.5 Å². The molecule has 26 heavy (non-hydrogen) atoms. The largest absolute Gasteiger partial charge is 0.482 e. The molecule has 0 spiro atoms. The monoisotopic (exact) mass is 369 g/mol. The first-order valence-corrected chi connectivity index (χ1v) is 8.02. The van der Waals surface area contributed by atoms with Crippen LogP contribution in [0.1, 0.15) is 10.4 Å². The van der Waals surface area contributed by atoms with Crippen LogP contribution in [-0.4, -0.2) is 33.2 Å². The van der Waals surface area contributed by atoms with Gasteiger partial charge >= 0.3 is 0 Å². The topological polar surface area (TPSA) is 98.1 Å². The molecule has 1 aliphatic heterocycles. The molecule has 4 rings (SSSR count). The van der Waals surface area contributed by atoms with E-state index in [9.17, 15) is 9.59 Å². The number of halogens is 1. The van der Waals surface area contributed by atoms with Gasteiger partial charge in [0, 0.05) is 24.0 Å². The maximum Gasteiger partial charge on any atom is 0.262 e. The van der Waals surface area contributed by atoms with Crippen molar-refractivity contribution in [3.63, 3.8) is 0 Å². The number of amides is 2. The maximum absolute atomic E-state index is 12.4. The third-order valence-corrected chi connectivity index (χ3v) is 3.96. The molecule has 1 aliphatic rings. The number of benzene rings is 1. The van der Waals surface area contributed by atoms with Gasteiger partial charge in [0.25, 0.3) is 11.8 Å². The normalized spacial score (nSPS) is 12.7. The number of fused-ring (bicyclic) bond motifs is 1. The highest BCUT2D eigenvalue weighted by molar-refractivity contribution is 6.32. The van der Waals surface area contributed by atoms with Gasteiger partial charge in [-0.3, -0.25) is 9.59 Å². The van der Waals surface area contributed by atoms with Crippen molar-refractivity contribution in [1.29, 1.82) is 0 Å². The number of aromatic nitrogens is 3. The number of hydrogen-bond donors (Lipinski definition) is 2. The molecule has 1 aromatic carbocycles. The highest BCUT2D eigenvalue weighted by atomic mass is 35.5. The Kier molecular flexibility index (Phi) is 4.02. The van der Waals surface area contributed by atoms with E-state index in [2.05, 4.69) is 20.7 Å². The van der Waals surface area contributed by atoms with Gasteiger partial charge in [0.15, 0.2) is 18.2 Å². The van der Waals surface area contributed by atoms with E-state index in [1.54, 1.807) is 48.8 Å². The minimum Gasteiger partial charge on any atom is -0.482 e. The molecule has 0 aliphatic carbocycles. The maximum atomic E-state index is 12.4. The lowest BCUT2D eigenvalue weighted by Crippen LogP contribution is -2.25. The zero-order chi connectivity index (χ0) is 18.1. The molecule has 0 atom stereocenters. The summed E-state index contributed by atoms with van der Waals surface area (Å²) < 4.78 is 6.79. The summed E-state index contributed by atoms with van der Waals surface area (Å²) in [4.78, 5) is 27.9. The van der Waals surface area contributed by atoms with E-state index in [1.807, 2.05) is 0 Å². The summed E-state index contributed by atoms with van der Waals surface area (Å²) in [6.07, 6.45) is 3.25. The fraction of sp³-hybridized carbons (Fsp3) is 0.0588. The molecule has 9 heteroatoms. The van der Waals surface area contributed by atoms with Crippen LogP contribution in [0.2, 0.25) is 5.02 Å². The Morgan fingerprint density at radius 1 is 1.31 bits per heavy atom. The summed E-state index contributed by atoms with van der Waals surface area (Å²) in [6, 6.07) is 9.84.